The molecule has 158 valence electrons. The van der Waals surface area contributed by atoms with Gasteiger partial charge in [-0.15, -0.1) is 10.2 Å². The molecule has 6 nitrogen and oxygen atoms in total. The summed E-state index contributed by atoms with van der Waals surface area (Å²) in [7, 11) is 0. The molecule has 0 aliphatic carbocycles. The van der Waals surface area contributed by atoms with Gasteiger partial charge in [0, 0.05) is 23.6 Å². The fraction of sp³-hybridized carbons (Fsp3) is 0.0833. The van der Waals surface area contributed by atoms with E-state index < -0.39 is 0 Å². The maximum Gasteiger partial charge on any atom is 0.258 e. The lowest BCUT2D eigenvalue weighted by Crippen LogP contribution is -2.14. The molecule has 5 rings (SSSR count). The van der Waals surface area contributed by atoms with Crippen molar-refractivity contribution in [3.05, 3.63) is 112 Å². The topological polar surface area (TPSA) is 65.1 Å². The van der Waals surface area contributed by atoms with Crippen LogP contribution in [0.25, 0.3) is 17.0 Å². The Morgan fingerprint density at radius 2 is 1.69 bits per heavy atom. The van der Waals surface area contributed by atoms with Crippen LogP contribution in [-0.2, 0) is 12.3 Å². The van der Waals surface area contributed by atoms with Gasteiger partial charge in [-0.05, 0) is 42.0 Å². The Hall–Kier alpha value is -3.78. The molecule has 0 aliphatic rings. The Bertz CT molecular complexity index is 1430. The fourth-order valence-corrected chi connectivity index (χ4v) is 4.26. The maximum atomic E-state index is 13.4. The van der Waals surface area contributed by atoms with Crippen LogP contribution in [0.1, 0.15) is 11.3 Å². The zero-order chi connectivity index (χ0) is 21.9. The predicted octanol–water partition coefficient (Wildman–Crippen LogP) is 4.43. The average Bonchev–Trinajstić information content (AvgIpc) is 3.21. The Kier molecular flexibility index (Phi) is 5.51. The van der Waals surface area contributed by atoms with E-state index in [1.165, 1.54) is 28.3 Å². The molecule has 0 unspecified atom stereocenters. The number of rotatable bonds is 6. The van der Waals surface area contributed by atoms with Gasteiger partial charge in [-0.3, -0.25) is 13.8 Å². The summed E-state index contributed by atoms with van der Waals surface area (Å²) < 4.78 is 16.9. The molecule has 0 saturated heterocycles. The molecule has 8 heteroatoms. The van der Waals surface area contributed by atoms with E-state index in [4.69, 9.17) is 0 Å². The summed E-state index contributed by atoms with van der Waals surface area (Å²) in [5.74, 6) is 0.825. The number of hydrogen-bond donors (Lipinski definition) is 0. The lowest BCUT2D eigenvalue weighted by atomic mass is 10.2. The summed E-state index contributed by atoms with van der Waals surface area (Å²) in [5, 5.41) is 9.45. The first-order valence-corrected chi connectivity index (χ1v) is 11.0. The van der Waals surface area contributed by atoms with Gasteiger partial charge in [-0.1, -0.05) is 48.2 Å². The number of halogens is 1. The highest BCUT2D eigenvalue weighted by Crippen LogP contribution is 2.27. The van der Waals surface area contributed by atoms with Crippen molar-refractivity contribution < 1.29 is 4.39 Å². The van der Waals surface area contributed by atoms with Gasteiger partial charge in [-0.25, -0.2) is 9.37 Å². The molecular weight excluding hydrogens is 425 g/mol. The van der Waals surface area contributed by atoms with Gasteiger partial charge >= 0.3 is 0 Å². The van der Waals surface area contributed by atoms with E-state index in [2.05, 4.69) is 15.2 Å². The monoisotopic (exact) mass is 443 g/mol. The molecule has 0 saturated carbocycles. The number of thioether (sulfide) groups is 1. The van der Waals surface area contributed by atoms with Crippen molar-refractivity contribution in [2.45, 2.75) is 17.5 Å². The molecule has 0 radical (unpaired) electrons. The molecule has 2 aromatic carbocycles. The van der Waals surface area contributed by atoms with Gasteiger partial charge in [0.2, 0.25) is 0 Å². The summed E-state index contributed by atoms with van der Waals surface area (Å²) in [6.07, 6.45) is 1.70. The number of aromatic nitrogens is 5. The van der Waals surface area contributed by atoms with E-state index in [0.717, 1.165) is 11.1 Å². The third kappa shape index (κ3) is 4.17. The molecule has 0 spiro atoms. The number of nitrogens with zero attached hydrogens (tertiary/aromatic N) is 5. The summed E-state index contributed by atoms with van der Waals surface area (Å²) in [6.45, 7) is 0.566. The van der Waals surface area contributed by atoms with Crippen LogP contribution in [-0.4, -0.2) is 24.1 Å². The molecular formula is C24H18FN5OS. The van der Waals surface area contributed by atoms with Gasteiger partial charge in [0.25, 0.3) is 5.56 Å². The highest BCUT2D eigenvalue weighted by Gasteiger charge is 2.16. The van der Waals surface area contributed by atoms with Crippen LogP contribution in [0.2, 0.25) is 0 Å². The number of benzene rings is 2. The summed E-state index contributed by atoms with van der Waals surface area (Å²) in [6, 6.07) is 23.2. The lowest BCUT2D eigenvalue weighted by Gasteiger charge is -2.11. The molecule has 0 atom stereocenters. The van der Waals surface area contributed by atoms with Crippen LogP contribution in [0, 0.1) is 5.82 Å². The normalized spacial score (nSPS) is 11.2. The van der Waals surface area contributed by atoms with Crippen LogP contribution in [0.5, 0.6) is 0 Å². The van der Waals surface area contributed by atoms with Gasteiger partial charge in [0.05, 0.1) is 12.2 Å². The quantitative estimate of drug-likeness (QED) is 0.363. The predicted molar refractivity (Wildman–Crippen MR) is 122 cm³/mol. The lowest BCUT2D eigenvalue weighted by molar-refractivity contribution is 0.628. The smallest absolute Gasteiger partial charge is 0.258 e. The van der Waals surface area contributed by atoms with E-state index in [1.54, 1.807) is 36.5 Å². The number of hydrogen-bond acceptors (Lipinski definition) is 5. The third-order valence-electron chi connectivity index (χ3n) is 4.98. The molecule has 0 N–H and O–H groups in total. The second-order valence-corrected chi connectivity index (χ2v) is 8.13. The number of fused-ring (bicyclic) bond motifs is 1. The first-order valence-electron chi connectivity index (χ1n) is 10.0. The van der Waals surface area contributed by atoms with Crippen LogP contribution >= 0.6 is 11.8 Å². The Morgan fingerprint density at radius 3 is 2.50 bits per heavy atom. The van der Waals surface area contributed by atoms with Gasteiger partial charge in [-0.2, -0.15) is 0 Å². The minimum Gasteiger partial charge on any atom is -0.298 e. The Morgan fingerprint density at radius 1 is 0.906 bits per heavy atom. The first-order chi connectivity index (χ1) is 15.7. The van der Waals surface area contributed by atoms with Crippen LogP contribution in [0.4, 0.5) is 4.39 Å². The highest BCUT2D eigenvalue weighted by atomic mass is 32.2. The molecule has 32 heavy (non-hydrogen) atoms. The van der Waals surface area contributed by atoms with Crippen molar-refractivity contribution in [1.29, 1.82) is 0 Å². The van der Waals surface area contributed by atoms with E-state index in [9.17, 15) is 9.18 Å². The molecule has 3 heterocycles. The summed E-state index contributed by atoms with van der Waals surface area (Å²) in [5.41, 5.74) is 3.03. The summed E-state index contributed by atoms with van der Waals surface area (Å²) in [4.78, 5) is 17.0. The van der Waals surface area contributed by atoms with E-state index in [1.807, 2.05) is 41.0 Å². The second kappa shape index (κ2) is 8.76. The maximum absolute atomic E-state index is 13.4. The molecule has 0 fully saturated rings. The van der Waals surface area contributed by atoms with E-state index in [-0.39, 0.29) is 11.4 Å². The minimum atomic E-state index is -0.300. The summed E-state index contributed by atoms with van der Waals surface area (Å²) >= 11 is 1.46. The van der Waals surface area contributed by atoms with E-state index >= 15 is 0 Å². The average molecular weight is 444 g/mol. The molecule has 0 amide bonds. The largest absolute Gasteiger partial charge is 0.298 e. The molecule has 5 aromatic rings. The highest BCUT2D eigenvalue weighted by molar-refractivity contribution is 7.98. The van der Waals surface area contributed by atoms with E-state index in [0.29, 0.717) is 34.6 Å². The number of pyridine rings is 1. The van der Waals surface area contributed by atoms with Crippen molar-refractivity contribution in [2.75, 3.05) is 0 Å². The van der Waals surface area contributed by atoms with Crippen molar-refractivity contribution in [3.63, 3.8) is 0 Å². The third-order valence-corrected chi connectivity index (χ3v) is 5.98. The second-order valence-electron chi connectivity index (χ2n) is 7.19. The van der Waals surface area contributed by atoms with Gasteiger partial charge in [0.15, 0.2) is 11.0 Å². The van der Waals surface area contributed by atoms with Crippen LogP contribution in [0.3, 0.4) is 0 Å². The zero-order valence-corrected chi connectivity index (χ0v) is 17.7. The fourth-order valence-electron chi connectivity index (χ4n) is 3.43. The minimum absolute atomic E-state index is 0.121. The van der Waals surface area contributed by atoms with Crippen LogP contribution < -0.4 is 5.56 Å². The molecule has 0 bridgehead atoms. The van der Waals surface area contributed by atoms with Crippen molar-refractivity contribution >= 4 is 17.4 Å². The zero-order valence-electron chi connectivity index (χ0n) is 16.9. The van der Waals surface area contributed by atoms with Gasteiger partial charge < -0.3 is 0 Å². The van der Waals surface area contributed by atoms with Crippen LogP contribution in [0.15, 0.2) is 95.0 Å². The van der Waals surface area contributed by atoms with Gasteiger partial charge in [0.1, 0.15) is 11.5 Å². The van der Waals surface area contributed by atoms with Crippen molar-refractivity contribution in [3.8, 4) is 11.4 Å². The molecule has 0 aliphatic heterocycles. The first kappa shape index (κ1) is 20.1. The standard InChI is InChI=1S/C24H18FN5OS/c25-19-11-9-18(10-12-19)23-27-28-24(30(23)15-17-6-2-1-3-7-17)32-16-20-14-22(31)29-13-5-4-8-21(29)26-20/h1-14H,15-16H2. The van der Waals surface area contributed by atoms with Crippen molar-refractivity contribution in [2.24, 2.45) is 0 Å². The molecule has 3 aromatic heterocycles. The van der Waals surface area contributed by atoms with Crippen molar-refractivity contribution in [1.82, 2.24) is 24.1 Å². The SMILES string of the molecule is O=c1cc(CSc2nnc(-c3ccc(F)cc3)n2Cc2ccccc2)nc2ccccn12. The Labute approximate surface area is 187 Å². The Balaban J connectivity index is 1.48.